The van der Waals surface area contributed by atoms with E-state index in [-0.39, 0.29) is 36.4 Å². The molecule has 2 atom stereocenters. The molecule has 3 aromatic rings. The van der Waals surface area contributed by atoms with E-state index < -0.39 is 18.0 Å². The molecule has 0 radical (unpaired) electrons. The Balaban J connectivity index is 1.30. The van der Waals surface area contributed by atoms with Crippen LogP contribution in [-0.4, -0.2) is 82.2 Å². The van der Waals surface area contributed by atoms with E-state index in [9.17, 15) is 23.1 Å². The zero-order valence-corrected chi connectivity index (χ0v) is 19.4. The third kappa shape index (κ3) is 4.78. The summed E-state index contributed by atoms with van der Waals surface area (Å²) in [6.45, 7) is 2.12. The SMILES string of the molecule is O=C(c1ccc(Cl)cc1)N1CCN([C@H]2CN(c3nc4ccccc4nc3C(F)(F)F)C[C@@H]2O)CC1. The number of rotatable bonds is 3. The number of carbonyl (C=O) groups excluding carboxylic acids is 1. The minimum absolute atomic E-state index is 0.0185. The first-order valence-electron chi connectivity index (χ1n) is 11.3. The highest BCUT2D eigenvalue weighted by molar-refractivity contribution is 6.30. The van der Waals surface area contributed by atoms with E-state index >= 15 is 0 Å². The fourth-order valence-electron chi connectivity index (χ4n) is 4.73. The lowest BCUT2D eigenvalue weighted by molar-refractivity contribution is -0.140. The summed E-state index contributed by atoms with van der Waals surface area (Å²) in [5, 5.41) is 11.3. The van der Waals surface area contributed by atoms with Gasteiger partial charge in [0.2, 0.25) is 0 Å². The van der Waals surface area contributed by atoms with Crippen molar-refractivity contribution in [1.29, 1.82) is 0 Å². The van der Waals surface area contributed by atoms with Crippen molar-refractivity contribution in [3.63, 3.8) is 0 Å². The number of hydrogen-bond acceptors (Lipinski definition) is 6. The van der Waals surface area contributed by atoms with E-state index in [1.807, 2.05) is 4.90 Å². The van der Waals surface area contributed by atoms with Gasteiger partial charge in [0.1, 0.15) is 0 Å². The maximum absolute atomic E-state index is 13.8. The molecular weight excluding hydrogens is 483 g/mol. The number of amides is 1. The number of aliphatic hydroxyl groups excluding tert-OH is 1. The van der Waals surface area contributed by atoms with Gasteiger partial charge in [0.05, 0.1) is 23.2 Å². The van der Waals surface area contributed by atoms with Crippen LogP contribution in [0.4, 0.5) is 19.0 Å². The van der Waals surface area contributed by atoms with E-state index in [1.165, 1.54) is 11.0 Å². The third-order valence-electron chi connectivity index (χ3n) is 6.54. The van der Waals surface area contributed by atoms with E-state index in [0.29, 0.717) is 42.3 Å². The average molecular weight is 506 g/mol. The highest BCUT2D eigenvalue weighted by atomic mass is 35.5. The highest BCUT2D eigenvalue weighted by Gasteiger charge is 2.43. The molecule has 0 unspecified atom stereocenters. The summed E-state index contributed by atoms with van der Waals surface area (Å²) in [7, 11) is 0. The van der Waals surface area contributed by atoms with Crippen molar-refractivity contribution in [2.45, 2.75) is 18.3 Å². The number of fused-ring (bicyclic) bond motifs is 1. The molecule has 2 aromatic carbocycles. The largest absolute Gasteiger partial charge is 0.437 e. The molecule has 2 aliphatic rings. The van der Waals surface area contributed by atoms with Crippen LogP contribution in [0.3, 0.4) is 0 Å². The molecule has 2 saturated heterocycles. The predicted molar refractivity (Wildman–Crippen MR) is 125 cm³/mol. The number of hydrogen-bond donors (Lipinski definition) is 1. The maximum atomic E-state index is 13.8. The second kappa shape index (κ2) is 9.25. The molecule has 2 fully saturated rings. The van der Waals surface area contributed by atoms with Gasteiger partial charge in [-0.2, -0.15) is 13.2 Å². The van der Waals surface area contributed by atoms with Gasteiger partial charge in [-0.1, -0.05) is 23.7 Å². The minimum Gasteiger partial charge on any atom is -0.390 e. The standard InChI is InChI=1S/C24H23ClF3N5O2/c25-16-7-5-15(6-8-16)23(35)32-11-9-31(10-12-32)19-13-33(14-20(19)34)22-21(24(26,27)28)29-17-3-1-2-4-18(17)30-22/h1-8,19-20,34H,9-14H2/t19-,20-/m0/s1. The summed E-state index contributed by atoms with van der Waals surface area (Å²) in [6, 6.07) is 12.7. The lowest BCUT2D eigenvalue weighted by Crippen LogP contribution is -2.54. The molecule has 0 spiro atoms. The first-order valence-corrected chi connectivity index (χ1v) is 11.6. The topological polar surface area (TPSA) is 72.8 Å². The highest BCUT2D eigenvalue weighted by Crippen LogP contribution is 2.37. The van der Waals surface area contributed by atoms with Crippen molar-refractivity contribution >= 4 is 34.4 Å². The summed E-state index contributed by atoms with van der Waals surface area (Å²) in [5.41, 5.74) is 0.0241. The van der Waals surface area contributed by atoms with Crippen LogP contribution in [0.5, 0.6) is 0 Å². The number of carbonyl (C=O) groups is 1. The molecular formula is C24H23ClF3N5O2. The molecule has 7 nitrogen and oxygen atoms in total. The van der Waals surface area contributed by atoms with Crippen LogP contribution in [0.15, 0.2) is 48.5 Å². The Morgan fingerprint density at radius 3 is 2.20 bits per heavy atom. The second-order valence-electron chi connectivity index (χ2n) is 8.76. The van der Waals surface area contributed by atoms with Gasteiger partial charge in [-0.15, -0.1) is 0 Å². The number of anilines is 1. The Bertz CT molecular complexity index is 1230. The first-order chi connectivity index (χ1) is 16.7. The van der Waals surface area contributed by atoms with Crippen LogP contribution >= 0.6 is 11.6 Å². The van der Waals surface area contributed by atoms with Crippen LogP contribution in [0.2, 0.25) is 5.02 Å². The van der Waals surface area contributed by atoms with Gasteiger partial charge in [-0.3, -0.25) is 9.69 Å². The molecule has 0 aliphatic carbocycles. The lowest BCUT2D eigenvalue weighted by atomic mass is 10.1. The van der Waals surface area contributed by atoms with E-state index in [0.717, 1.165) is 0 Å². The lowest BCUT2D eigenvalue weighted by Gasteiger charge is -2.38. The zero-order chi connectivity index (χ0) is 24.7. The number of piperazine rings is 1. The van der Waals surface area contributed by atoms with E-state index in [4.69, 9.17) is 11.6 Å². The van der Waals surface area contributed by atoms with Gasteiger partial charge in [0.15, 0.2) is 11.5 Å². The number of aromatic nitrogens is 2. The second-order valence-corrected chi connectivity index (χ2v) is 9.19. The van der Waals surface area contributed by atoms with Crippen molar-refractivity contribution in [2.24, 2.45) is 0 Å². The Kier molecular flexibility index (Phi) is 6.29. The summed E-state index contributed by atoms with van der Waals surface area (Å²) >= 11 is 5.90. The van der Waals surface area contributed by atoms with Gasteiger partial charge >= 0.3 is 6.18 Å². The number of para-hydroxylation sites is 2. The zero-order valence-electron chi connectivity index (χ0n) is 18.6. The number of nitrogens with zero attached hydrogens (tertiary/aromatic N) is 5. The van der Waals surface area contributed by atoms with Crippen molar-refractivity contribution in [2.75, 3.05) is 44.2 Å². The Morgan fingerprint density at radius 1 is 0.943 bits per heavy atom. The van der Waals surface area contributed by atoms with Gasteiger partial charge in [-0.25, -0.2) is 9.97 Å². The smallest absolute Gasteiger partial charge is 0.390 e. The molecule has 35 heavy (non-hydrogen) atoms. The van der Waals surface area contributed by atoms with Gasteiger partial charge in [0.25, 0.3) is 5.91 Å². The van der Waals surface area contributed by atoms with Crippen LogP contribution in [-0.2, 0) is 6.18 Å². The normalized spacial score (nSPS) is 21.6. The van der Waals surface area contributed by atoms with Crippen molar-refractivity contribution in [1.82, 2.24) is 19.8 Å². The average Bonchev–Trinajstić information content (AvgIpc) is 3.24. The van der Waals surface area contributed by atoms with Crippen LogP contribution in [0, 0.1) is 0 Å². The van der Waals surface area contributed by atoms with Crippen molar-refractivity contribution < 1.29 is 23.1 Å². The Hall–Kier alpha value is -2.95. The quantitative estimate of drug-likeness (QED) is 0.589. The molecule has 2 aliphatic heterocycles. The molecule has 184 valence electrons. The number of halogens is 4. The molecule has 5 rings (SSSR count). The molecule has 1 aromatic heterocycles. The number of β-amino-alcohol motifs (C(OH)–C–C–N with tert-alkyl or cyclic N) is 1. The number of aliphatic hydroxyl groups is 1. The monoisotopic (exact) mass is 505 g/mol. The van der Waals surface area contributed by atoms with Crippen molar-refractivity contribution in [3.8, 4) is 0 Å². The molecule has 0 saturated carbocycles. The molecule has 0 bridgehead atoms. The maximum Gasteiger partial charge on any atom is 0.437 e. The predicted octanol–water partition coefficient (Wildman–Crippen LogP) is 3.31. The van der Waals surface area contributed by atoms with Crippen LogP contribution in [0.1, 0.15) is 16.1 Å². The van der Waals surface area contributed by atoms with Crippen LogP contribution in [0.25, 0.3) is 11.0 Å². The fraction of sp³-hybridized carbons (Fsp3) is 0.375. The van der Waals surface area contributed by atoms with E-state index in [2.05, 4.69) is 9.97 Å². The van der Waals surface area contributed by atoms with Gasteiger partial charge in [-0.05, 0) is 36.4 Å². The minimum atomic E-state index is -4.68. The molecule has 1 N–H and O–H groups in total. The first kappa shape index (κ1) is 23.8. The van der Waals surface area contributed by atoms with Crippen LogP contribution < -0.4 is 4.90 Å². The summed E-state index contributed by atoms with van der Waals surface area (Å²) < 4.78 is 41.4. The Labute approximate surface area is 204 Å². The summed E-state index contributed by atoms with van der Waals surface area (Å²) in [6.07, 6.45) is -5.54. The van der Waals surface area contributed by atoms with E-state index in [1.54, 1.807) is 47.4 Å². The van der Waals surface area contributed by atoms with Crippen molar-refractivity contribution in [3.05, 3.63) is 64.8 Å². The summed E-state index contributed by atoms with van der Waals surface area (Å²) in [5.74, 6) is -0.370. The Morgan fingerprint density at radius 2 is 1.57 bits per heavy atom. The number of benzene rings is 2. The van der Waals surface area contributed by atoms with Gasteiger partial charge in [0, 0.05) is 49.9 Å². The third-order valence-corrected chi connectivity index (χ3v) is 6.79. The molecule has 11 heteroatoms. The fourth-order valence-corrected chi connectivity index (χ4v) is 4.86. The van der Waals surface area contributed by atoms with Gasteiger partial charge < -0.3 is 14.9 Å². The number of alkyl halides is 3. The molecule has 1 amide bonds. The molecule has 3 heterocycles. The summed E-state index contributed by atoms with van der Waals surface area (Å²) in [4.78, 5) is 26.1.